The Labute approximate surface area is 91.5 Å². The smallest absolute Gasteiger partial charge is 0.0226 e. The van der Waals surface area contributed by atoms with E-state index in [2.05, 4.69) is 36.5 Å². The van der Waals surface area contributed by atoms with Gasteiger partial charge in [-0.2, -0.15) is 0 Å². The van der Waals surface area contributed by atoms with Crippen molar-refractivity contribution >= 4 is 11.6 Å². The number of hydrogen-bond acceptors (Lipinski definition) is 1. The quantitative estimate of drug-likeness (QED) is 0.714. The third kappa shape index (κ3) is 4.64. The fraction of sp³-hybridized carbons (Fsp3) is 0.500. The van der Waals surface area contributed by atoms with E-state index in [4.69, 9.17) is 11.6 Å². The molecule has 1 N–H and O–H groups in total. The molecule has 0 radical (unpaired) electrons. The molecule has 0 spiro atoms. The molecule has 0 aliphatic rings. The van der Waals surface area contributed by atoms with Gasteiger partial charge < -0.3 is 5.32 Å². The first-order valence-corrected chi connectivity index (χ1v) is 5.67. The van der Waals surface area contributed by atoms with Crippen molar-refractivity contribution in [3.8, 4) is 0 Å². The molecule has 0 aliphatic heterocycles. The molecule has 0 heterocycles. The molecule has 0 saturated heterocycles. The van der Waals surface area contributed by atoms with Crippen LogP contribution in [0, 0.1) is 5.92 Å². The predicted molar refractivity (Wildman–Crippen MR) is 62.6 cm³/mol. The summed E-state index contributed by atoms with van der Waals surface area (Å²) < 4.78 is 0. The maximum absolute atomic E-state index is 5.66. The summed E-state index contributed by atoms with van der Waals surface area (Å²) in [7, 11) is 0. The molecule has 0 aromatic heterocycles. The summed E-state index contributed by atoms with van der Waals surface area (Å²) in [5.41, 5.74) is 1.34. The van der Waals surface area contributed by atoms with E-state index in [0.717, 1.165) is 25.4 Å². The molecule has 0 aliphatic carbocycles. The second-order valence-electron chi connectivity index (χ2n) is 3.70. The summed E-state index contributed by atoms with van der Waals surface area (Å²) in [6.07, 6.45) is 1.09. The lowest BCUT2D eigenvalue weighted by atomic mass is 10.1. The SMILES string of the molecule is CC(CCCl)CNCc1ccccc1. The van der Waals surface area contributed by atoms with Gasteiger partial charge in [0.2, 0.25) is 0 Å². The van der Waals surface area contributed by atoms with Crippen LogP contribution in [0.25, 0.3) is 0 Å². The fourth-order valence-corrected chi connectivity index (χ4v) is 1.72. The van der Waals surface area contributed by atoms with E-state index in [1.165, 1.54) is 5.56 Å². The highest BCUT2D eigenvalue weighted by Crippen LogP contribution is 2.02. The number of nitrogens with one attached hydrogen (secondary N) is 1. The third-order valence-corrected chi connectivity index (χ3v) is 2.48. The monoisotopic (exact) mass is 211 g/mol. The Bertz CT molecular complexity index is 235. The van der Waals surface area contributed by atoms with Crippen molar-refractivity contribution in [2.24, 2.45) is 5.92 Å². The lowest BCUT2D eigenvalue weighted by molar-refractivity contribution is 0.502. The molecular formula is C12H18ClN. The zero-order valence-corrected chi connectivity index (χ0v) is 9.43. The van der Waals surface area contributed by atoms with Gasteiger partial charge in [-0.05, 0) is 24.4 Å². The van der Waals surface area contributed by atoms with Gasteiger partial charge in [0.1, 0.15) is 0 Å². The Morgan fingerprint density at radius 2 is 2.00 bits per heavy atom. The van der Waals surface area contributed by atoms with E-state index in [1.807, 2.05) is 6.07 Å². The maximum Gasteiger partial charge on any atom is 0.0226 e. The Kier molecular flexibility index (Phi) is 5.65. The Morgan fingerprint density at radius 3 is 2.64 bits per heavy atom. The second kappa shape index (κ2) is 6.86. The molecule has 1 nitrogen and oxygen atoms in total. The highest BCUT2D eigenvalue weighted by Gasteiger charge is 1.99. The highest BCUT2D eigenvalue weighted by atomic mass is 35.5. The van der Waals surface area contributed by atoms with E-state index in [-0.39, 0.29) is 0 Å². The lowest BCUT2D eigenvalue weighted by Gasteiger charge is -2.10. The molecule has 1 aromatic carbocycles. The van der Waals surface area contributed by atoms with Gasteiger partial charge in [0.05, 0.1) is 0 Å². The molecular weight excluding hydrogens is 194 g/mol. The van der Waals surface area contributed by atoms with Crippen molar-refractivity contribution < 1.29 is 0 Å². The van der Waals surface area contributed by atoms with Crippen LogP contribution in [0.4, 0.5) is 0 Å². The van der Waals surface area contributed by atoms with E-state index >= 15 is 0 Å². The fourth-order valence-electron chi connectivity index (χ4n) is 1.35. The van der Waals surface area contributed by atoms with E-state index in [0.29, 0.717) is 5.92 Å². The Hall–Kier alpha value is -0.530. The topological polar surface area (TPSA) is 12.0 Å². The van der Waals surface area contributed by atoms with Crippen molar-refractivity contribution in [3.05, 3.63) is 35.9 Å². The van der Waals surface area contributed by atoms with Gasteiger partial charge >= 0.3 is 0 Å². The maximum atomic E-state index is 5.66. The summed E-state index contributed by atoms with van der Waals surface area (Å²) in [5, 5.41) is 3.43. The number of alkyl halides is 1. The van der Waals surface area contributed by atoms with Crippen molar-refractivity contribution in [2.45, 2.75) is 19.9 Å². The summed E-state index contributed by atoms with van der Waals surface area (Å²) in [6, 6.07) is 10.5. The molecule has 1 atom stereocenters. The Balaban J connectivity index is 2.16. The molecule has 78 valence electrons. The van der Waals surface area contributed by atoms with Crippen LogP contribution < -0.4 is 5.32 Å². The molecule has 1 rings (SSSR count). The summed E-state index contributed by atoms with van der Waals surface area (Å²) in [5.74, 6) is 1.42. The van der Waals surface area contributed by atoms with Crippen molar-refractivity contribution in [2.75, 3.05) is 12.4 Å². The minimum absolute atomic E-state index is 0.663. The minimum Gasteiger partial charge on any atom is -0.312 e. The molecule has 0 saturated carbocycles. The predicted octanol–water partition coefficient (Wildman–Crippen LogP) is 3.04. The molecule has 0 bridgehead atoms. The Morgan fingerprint density at radius 1 is 1.29 bits per heavy atom. The average Bonchev–Trinajstić information content (AvgIpc) is 2.20. The van der Waals surface area contributed by atoms with Crippen LogP contribution in [0.5, 0.6) is 0 Å². The summed E-state index contributed by atoms with van der Waals surface area (Å²) >= 11 is 5.66. The van der Waals surface area contributed by atoms with E-state index in [1.54, 1.807) is 0 Å². The van der Waals surface area contributed by atoms with Crippen LogP contribution in [-0.2, 0) is 6.54 Å². The van der Waals surface area contributed by atoms with Gasteiger partial charge in [-0.15, -0.1) is 11.6 Å². The van der Waals surface area contributed by atoms with Gasteiger partial charge in [-0.3, -0.25) is 0 Å². The first-order valence-electron chi connectivity index (χ1n) is 5.13. The van der Waals surface area contributed by atoms with Crippen LogP contribution in [0.1, 0.15) is 18.9 Å². The molecule has 14 heavy (non-hydrogen) atoms. The van der Waals surface area contributed by atoms with E-state index in [9.17, 15) is 0 Å². The molecule has 1 aromatic rings. The van der Waals surface area contributed by atoms with Crippen LogP contribution in [0.2, 0.25) is 0 Å². The zero-order chi connectivity index (χ0) is 10.2. The standard InChI is InChI=1S/C12H18ClN/c1-11(7-8-13)9-14-10-12-5-3-2-4-6-12/h2-6,11,14H,7-10H2,1H3. The first kappa shape index (κ1) is 11.5. The lowest BCUT2D eigenvalue weighted by Crippen LogP contribution is -2.20. The van der Waals surface area contributed by atoms with Gasteiger partial charge in [0, 0.05) is 12.4 Å². The number of benzene rings is 1. The molecule has 0 fully saturated rings. The first-order chi connectivity index (χ1) is 6.83. The normalized spacial score (nSPS) is 12.7. The van der Waals surface area contributed by atoms with Crippen molar-refractivity contribution in [3.63, 3.8) is 0 Å². The van der Waals surface area contributed by atoms with Crippen molar-refractivity contribution in [1.29, 1.82) is 0 Å². The van der Waals surface area contributed by atoms with Gasteiger partial charge in [0.15, 0.2) is 0 Å². The molecule has 2 heteroatoms. The second-order valence-corrected chi connectivity index (χ2v) is 4.08. The number of halogens is 1. The largest absolute Gasteiger partial charge is 0.312 e. The molecule has 1 unspecified atom stereocenters. The van der Waals surface area contributed by atoms with Crippen LogP contribution in [0.15, 0.2) is 30.3 Å². The third-order valence-electron chi connectivity index (χ3n) is 2.27. The van der Waals surface area contributed by atoms with Crippen LogP contribution in [0.3, 0.4) is 0 Å². The summed E-state index contributed by atoms with van der Waals surface area (Å²) in [4.78, 5) is 0. The number of hydrogen-bond donors (Lipinski definition) is 1. The zero-order valence-electron chi connectivity index (χ0n) is 8.67. The number of rotatable bonds is 6. The summed E-state index contributed by atoms with van der Waals surface area (Å²) in [6.45, 7) is 4.22. The average molecular weight is 212 g/mol. The van der Waals surface area contributed by atoms with Crippen LogP contribution in [-0.4, -0.2) is 12.4 Å². The van der Waals surface area contributed by atoms with E-state index < -0.39 is 0 Å². The molecule has 0 amide bonds. The van der Waals surface area contributed by atoms with Gasteiger partial charge in [0.25, 0.3) is 0 Å². The van der Waals surface area contributed by atoms with Crippen LogP contribution >= 0.6 is 11.6 Å². The van der Waals surface area contributed by atoms with Crippen molar-refractivity contribution in [1.82, 2.24) is 5.32 Å². The highest BCUT2D eigenvalue weighted by molar-refractivity contribution is 6.17. The van der Waals surface area contributed by atoms with Gasteiger partial charge in [-0.25, -0.2) is 0 Å². The van der Waals surface area contributed by atoms with Gasteiger partial charge in [-0.1, -0.05) is 37.3 Å². The minimum atomic E-state index is 0.663.